The van der Waals surface area contributed by atoms with E-state index in [-0.39, 0.29) is 18.4 Å². The number of esters is 2. The summed E-state index contributed by atoms with van der Waals surface area (Å²) in [6.45, 7) is 8.63. The fourth-order valence-corrected chi connectivity index (χ4v) is 1.42. The first-order valence-corrected chi connectivity index (χ1v) is 7.27. The van der Waals surface area contributed by atoms with E-state index in [4.69, 9.17) is 9.47 Å². The number of hydrogen-bond donors (Lipinski definition) is 0. The summed E-state index contributed by atoms with van der Waals surface area (Å²) in [5.74, 6) is -0.467. The van der Waals surface area contributed by atoms with Crippen molar-refractivity contribution in [1.29, 1.82) is 0 Å². The quantitative estimate of drug-likeness (QED) is 0.451. The second-order valence-electron chi connectivity index (χ2n) is 5.45. The number of ether oxygens (including phenoxy) is 2. The molecule has 0 fully saturated rings. The lowest BCUT2D eigenvalue weighted by Gasteiger charge is -2.22. The Balaban J connectivity index is 3.93. The molecule has 0 aliphatic carbocycles. The molecule has 19 heavy (non-hydrogen) atoms. The lowest BCUT2D eigenvalue weighted by molar-refractivity contribution is -0.155. The van der Waals surface area contributed by atoms with Crippen LogP contribution in [0, 0.1) is 5.41 Å². The van der Waals surface area contributed by atoms with Crippen LogP contribution in [0.4, 0.5) is 0 Å². The molecular weight excluding hydrogens is 244 g/mol. The molecule has 0 saturated heterocycles. The number of carbonyl (C=O) groups is 2. The molecule has 0 aromatic carbocycles. The van der Waals surface area contributed by atoms with E-state index in [2.05, 4.69) is 0 Å². The van der Waals surface area contributed by atoms with Crippen LogP contribution in [0.2, 0.25) is 0 Å². The number of rotatable bonds is 10. The molecule has 0 bridgehead atoms. The van der Waals surface area contributed by atoms with E-state index in [1.807, 2.05) is 13.8 Å². The molecule has 0 heterocycles. The van der Waals surface area contributed by atoms with Crippen LogP contribution in [0.1, 0.15) is 66.2 Å². The first-order valence-electron chi connectivity index (χ1n) is 7.27. The molecule has 0 aromatic rings. The van der Waals surface area contributed by atoms with E-state index >= 15 is 0 Å². The Hall–Kier alpha value is -1.06. The van der Waals surface area contributed by atoms with Gasteiger partial charge in [0.05, 0.1) is 18.6 Å². The molecule has 112 valence electrons. The van der Waals surface area contributed by atoms with Gasteiger partial charge in [-0.1, -0.05) is 26.7 Å². The Morgan fingerprint density at radius 2 is 1.47 bits per heavy atom. The van der Waals surface area contributed by atoms with Gasteiger partial charge in [-0.15, -0.1) is 0 Å². The summed E-state index contributed by atoms with van der Waals surface area (Å²) in [7, 11) is 0. The summed E-state index contributed by atoms with van der Waals surface area (Å²) < 4.78 is 10.3. The lowest BCUT2D eigenvalue weighted by Crippen LogP contribution is -2.28. The average molecular weight is 272 g/mol. The lowest BCUT2D eigenvalue weighted by atomic mass is 9.88. The molecule has 0 unspecified atom stereocenters. The van der Waals surface area contributed by atoms with E-state index in [0.29, 0.717) is 19.6 Å². The van der Waals surface area contributed by atoms with Crippen LogP contribution >= 0.6 is 0 Å². The molecule has 0 N–H and O–H groups in total. The van der Waals surface area contributed by atoms with Gasteiger partial charge >= 0.3 is 11.9 Å². The van der Waals surface area contributed by atoms with Crippen molar-refractivity contribution in [2.24, 2.45) is 5.41 Å². The van der Waals surface area contributed by atoms with Gasteiger partial charge in [-0.05, 0) is 33.1 Å². The summed E-state index contributed by atoms with van der Waals surface area (Å²) in [6, 6.07) is 0. The molecule has 0 rings (SSSR count). The largest absolute Gasteiger partial charge is 0.466 e. The molecular formula is C15H28O4. The fraction of sp³-hybridized carbons (Fsp3) is 0.867. The van der Waals surface area contributed by atoms with Crippen molar-refractivity contribution in [3.05, 3.63) is 0 Å². The SMILES string of the molecule is CCCCOC(=O)CCC(C)(C)C(=O)OCCCC. The van der Waals surface area contributed by atoms with Gasteiger partial charge in [0.2, 0.25) is 0 Å². The molecule has 0 aromatic heterocycles. The maximum absolute atomic E-state index is 11.8. The van der Waals surface area contributed by atoms with Crippen molar-refractivity contribution in [1.82, 2.24) is 0 Å². The van der Waals surface area contributed by atoms with Crippen molar-refractivity contribution < 1.29 is 19.1 Å². The molecule has 0 saturated carbocycles. The zero-order valence-corrected chi connectivity index (χ0v) is 12.8. The molecule has 0 spiro atoms. The minimum Gasteiger partial charge on any atom is -0.466 e. The van der Waals surface area contributed by atoms with E-state index in [1.165, 1.54) is 0 Å². The van der Waals surface area contributed by atoms with Crippen LogP contribution < -0.4 is 0 Å². The molecule has 0 amide bonds. The summed E-state index contributed by atoms with van der Waals surface area (Å²) >= 11 is 0. The highest BCUT2D eigenvalue weighted by molar-refractivity contribution is 5.77. The average Bonchev–Trinajstić information content (AvgIpc) is 2.37. The topological polar surface area (TPSA) is 52.6 Å². The summed E-state index contributed by atoms with van der Waals surface area (Å²) in [4.78, 5) is 23.3. The molecule has 0 radical (unpaired) electrons. The smallest absolute Gasteiger partial charge is 0.311 e. The zero-order valence-electron chi connectivity index (χ0n) is 12.8. The third-order valence-electron chi connectivity index (χ3n) is 3.00. The van der Waals surface area contributed by atoms with Gasteiger partial charge in [0.25, 0.3) is 0 Å². The van der Waals surface area contributed by atoms with Crippen molar-refractivity contribution in [3.63, 3.8) is 0 Å². The molecule has 4 heteroatoms. The second-order valence-corrected chi connectivity index (χ2v) is 5.45. The normalized spacial score (nSPS) is 11.2. The van der Waals surface area contributed by atoms with Crippen LogP contribution in [-0.4, -0.2) is 25.2 Å². The summed E-state index contributed by atoms with van der Waals surface area (Å²) in [6.07, 6.45) is 4.48. The third kappa shape index (κ3) is 8.62. The number of carbonyl (C=O) groups excluding carboxylic acids is 2. The van der Waals surface area contributed by atoms with Crippen LogP contribution in [-0.2, 0) is 19.1 Å². The molecule has 0 atom stereocenters. The van der Waals surface area contributed by atoms with E-state index < -0.39 is 5.41 Å². The van der Waals surface area contributed by atoms with Gasteiger partial charge in [-0.25, -0.2) is 0 Å². The number of unbranched alkanes of at least 4 members (excludes halogenated alkanes) is 2. The van der Waals surface area contributed by atoms with E-state index in [9.17, 15) is 9.59 Å². The van der Waals surface area contributed by atoms with Crippen LogP contribution in [0.25, 0.3) is 0 Å². The van der Waals surface area contributed by atoms with Crippen molar-refractivity contribution >= 4 is 11.9 Å². The highest BCUT2D eigenvalue weighted by atomic mass is 16.5. The highest BCUT2D eigenvalue weighted by Crippen LogP contribution is 2.24. The summed E-state index contributed by atoms with van der Waals surface area (Å²) in [5.41, 5.74) is -0.627. The Morgan fingerprint density at radius 1 is 0.947 bits per heavy atom. The predicted octanol–water partition coefficient (Wildman–Crippen LogP) is 3.48. The predicted molar refractivity (Wildman–Crippen MR) is 74.7 cm³/mol. The molecule has 0 aliphatic rings. The minimum absolute atomic E-state index is 0.233. The van der Waals surface area contributed by atoms with Gasteiger partial charge < -0.3 is 9.47 Å². The van der Waals surface area contributed by atoms with Crippen LogP contribution in [0.15, 0.2) is 0 Å². The van der Waals surface area contributed by atoms with Crippen molar-refractivity contribution in [2.45, 2.75) is 66.2 Å². The maximum atomic E-state index is 11.8. The van der Waals surface area contributed by atoms with Gasteiger partial charge in [0.15, 0.2) is 0 Å². The Kier molecular flexibility index (Phi) is 9.27. The Labute approximate surface area is 116 Å². The Bertz CT molecular complexity index is 271. The van der Waals surface area contributed by atoms with Gasteiger partial charge in [0, 0.05) is 6.42 Å². The zero-order chi connectivity index (χ0) is 14.7. The van der Waals surface area contributed by atoms with Crippen molar-refractivity contribution in [3.8, 4) is 0 Å². The third-order valence-corrected chi connectivity index (χ3v) is 3.00. The summed E-state index contributed by atoms with van der Waals surface area (Å²) in [5, 5.41) is 0. The van der Waals surface area contributed by atoms with Gasteiger partial charge in [0.1, 0.15) is 0 Å². The van der Waals surface area contributed by atoms with Crippen molar-refractivity contribution in [2.75, 3.05) is 13.2 Å². The maximum Gasteiger partial charge on any atom is 0.311 e. The Morgan fingerprint density at radius 3 is 2.00 bits per heavy atom. The molecule has 4 nitrogen and oxygen atoms in total. The van der Waals surface area contributed by atoms with Crippen LogP contribution in [0.3, 0.4) is 0 Å². The second kappa shape index (κ2) is 9.82. The van der Waals surface area contributed by atoms with Gasteiger partial charge in [-0.2, -0.15) is 0 Å². The minimum atomic E-state index is -0.627. The highest BCUT2D eigenvalue weighted by Gasteiger charge is 2.30. The first kappa shape index (κ1) is 17.9. The first-order chi connectivity index (χ1) is 8.94. The standard InChI is InChI=1S/C15H28O4/c1-5-7-11-18-13(16)9-10-15(3,4)14(17)19-12-8-6-2/h5-12H2,1-4H3. The van der Waals surface area contributed by atoms with E-state index in [1.54, 1.807) is 13.8 Å². The molecule has 0 aliphatic heterocycles. The van der Waals surface area contributed by atoms with Crippen LogP contribution in [0.5, 0.6) is 0 Å². The number of hydrogen-bond acceptors (Lipinski definition) is 4. The van der Waals surface area contributed by atoms with Gasteiger partial charge in [-0.3, -0.25) is 9.59 Å². The van der Waals surface area contributed by atoms with E-state index in [0.717, 1.165) is 25.7 Å². The fourth-order valence-electron chi connectivity index (χ4n) is 1.42. The monoisotopic (exact) mass is 272 g/mol.